The fourth-order valence-corrected chi connectivity index (χ4v) is 3.00. The third-order valence-electron chi connectivity index (χ3n) is 2.20. The molecule has 0 aliphatic rings. The van der Waals surface area contributed by atoms with Gasteiger partial charge in [-0.15, -0.1) is 0 Å². The minimum Gasteiger partial charge on any atom is -0.478 e. The second-order valence-electron chi connectivity index (χ2n) is 3.51. The molecule has 0 unspecified atom stereocenters. The summed E-state index contributed by atoms with van der Waals surface area (Å²) >= 11 is 4.58. The highest BCUT2D eigenvalue weighted by Gasteiger charge is 2.09. The van der Waals surface area contributed by atoms with Crippen LogP contribution in [0.2, 0.25) is 0 Å². The van der Waals surface area contributed by atoms with E-state index in [9.17, 15) is 9.18 Å². The smallest absolute Gasteiger partial charge is 0.336 e. The molecule has 0 atom stereocenters. The van der Waals surface area contributed by atoms with Crippen molar-refractivity contribution in [2.45, 2.75) is 9.79 Å². The molecule has 18 heavy (non-hydrogen) atoms. The van der Waals surface area contributed by atoms with E-state index < -0.39 is 5.97 Å². The Morgan fingerprint density at radius 3 is 2.50 bits per heavy atom. The quantitative estimate of drug-likeness (QED) is 0.906. The van der Waals surface area contributed by atoms with E-state index in [1.165, 1.54) is 30.0 Å². The van der Waals surface area contributed by atoms with Crippen LogP contribution in [-0.4, -0.2) is 11.1 Å². The maximum Gasteiger partial charge on any atom is 0.336 e. The molecule has 0 saturated heterocycles. The second-order valence-corrected chi connectivity index (χ2v) is 5.51. The maximum atomic E-state index is 13.0. The third kappa shape index (κ3) is 3.11. The molecule has 0 aliphatic carbocycles. The summed E-state index contributed by atoms with van der Waals surface area (Å²) in [5.41, 5.74) is 0.207. The van der Waals surface area contributed by atoms with Crippen molar-refractivity contribution in [3.63, 3.8) is 0 Å². The first-order valence-electron chi connectivity index (χ1n) is 5.02. The van der Waals surface area contributed by atoms with E-state index in [0.717, 1.165) is 9.79 Å². The van der Waals surface area contributed by atoms with Gasteiger partial charge in [-0.05, 0) is 52.3 Å². The Kier molecular flexibility index (Phi) is 4.04. The van der Waals surface area contributed by atoms with E-state index in [1.54, 1.807) is 24.3 Å². The monoisotopic (exact) mass is 326 g/mol. The predicted molar refractivity (Wildman–Crippen MR) is 71.6 cm³/mol. The number of hydrogen-bond acceptors (Lipinski definition) is 2. The van der Waals surface area contributed by atoms with Crippen molar-refractivity contribution in [1.29, 1.82) is 0 Å². The summed E-state index contributed by atoms with van der Waals surface area (Å²) in [4.78, 5) is 12.5. The minimum atomic E-state index is -0.982. The number of carboxylic acid groups (broad SMARTS) is 1. The zero-order valence-corrected chi connectivity index (χ0v) is 11.5. The Balaban J connectivity index is 2.25. The molecule has 0 saturated carbocycles. The normalized spacial score (nSPS) is 10.3. The molecule has 0 amide bonds. The Morgan fingerprint density at radius 1 is 1.17 bits per heavy atom. The number of halogens is 2. The molecule has 2 nitrogen and oxygen atoms in total. The topological polar surface area (TPSA) is 37.3 Å². The molecule has 0 heterocycles. The van der Waals surface area contributed by atoms with Crippen LogP contribution in [0.4, 0.5) is 4.39 Å². The lowest BCUT2D eigenvalue weighted by Crippen LogP contribution is -1.97. The van der Waals surface area contributed by atoms with Gasteiger partial charge in [0, 0.05) is 14.3 Å². The molecule has 0 aromatic heterocycles. The number of carbonyl (C=O) groups is 1. The minimum absolute atomic E-state index is 0.207. The van der Waals surface area contributed by atoms with Crippen molar-refractivity contribution in [2.75, 3.05) is 0 Å². The number of carboxylic acids is 1. The van der Waals surface area contributed by atoms with Crippen molar-refractivity contribution in [3.05, 3.63) is 58.3 Å². The van der Waals surface area contributed by atoms with Gasteiger partial charge in [-0.1, -0.05) is 17.8 Å². The van der Waals surface area contributed by atoms with Gasteiger partial charge in [-0.3, -0.25) is 0 Å². The summed E-state index contributed by atoms with van der Waals surface area (Å²) in [6.07, 6.45) is 0. The van der Waals surface area contributed by atoms with Crippen LogP contribution in [0.15, 0.2) is 56.7 Å². The fourth-order valence-electron chi connectivity index (χ4n) is 1.40. The van der Waals surface area contributed by atoms with Crippen LogP contribution < -0.4 is 0 Å². The Bertz CT molecular complexity index is 601. The lowest BCUT2D eigenvalue weighted by molar-refractivity contribution is 0.0696. The summed E-state index contributed by atoms with van der Waals surface area (Å²) in [7, 11) is 0. The van der Waals surface area contributed by atoms with Crippen molar-refractivity contribution in [1.82, 2.24) is 0 Å². The molecule has 5 heteroatoms. The largest absolute Gasteiger partial charge is 0.478 e. The standard InChI is InChI=1S/C13H8BrFO2S/c14-12-7-10(4-5-11(12)13(16)17)18-9-3-1-2-8(15)6-9/h1-7H,(H,16,17). The average molecular weight is 327 g/mol. The van der Waals surface area contributed by atoms with Crippen LogP contribution in [-0.2, 0) is 0 Å². The molecule has 2 rings (SSSR count). The van der Waals surface area contributed by atoms with E-state index in [2.05, 4.69) is 15.9 Å². The van der Waals surface area contributed by atoms with Crippen LogP contribution >= 0.6 is 27.7 Å². The van der Waals surface area contributed by atoms with Gasteiger partial charge >= 0.3 is 5.97 Å². The van der Waals surface area contributed by atoms with Crippen LogP contribution in [0.25, 0.3) is 0 Å². The summed E-state index contributed by atoms with van der Waals surface area (Å²) in [5, 5.41) is 8.90. The molecule has 92 valence electrons. The Hall–Kier alpha value is -1.33. The molecular weight excluding hydrogens is 319 g/mol. The Morgan fingerprint density at radius 2 is 1.89 bits per heavy atom. The van der Waals surface area contributed by atoms with E-state index in [0.29, 0.717) is 4.47 Å². The first-order valence-corrected chi connectivity index (χ1v) is 6.63. The van der Waals surface area contributed by atoms with Gasteiger partial charge in [0.1, 0.15) is 5.82 Å². The summed E-state index contributed by atoms with van der Waals surface area (Å²) in [6.45, 7) is 0. The zero-order chi connectivity index (χ0) is 13.1. The van der Waals surface area contributed by atoms with Crippen molar-refractivity contribution < 1.29 is 14.3 Å². The van der Waals surface area contributed by atoms with Crippen molar-refractivity contribution in [3.8, 4) is 0 Å². The average Bonchev–Trinajstić information content (AvgIpc) is 2.28. The molecule has 1 N–H and O–H groups in total. The molecule has 2 aromatic carbocycles. The molecule has 0 aliphatic heterocycles. The fraction of sp³-hybridized carbons (Fsp3) is 0. The lowest BCUT2D eigenvalue weighted by Gasteiger charge is -2.04. The van der Waals surface area contributed by atoms with E-state index >= 15 is 0 Å². The molecule has 0 bridgehead atoms. The van der Waals surface area contributed by atoms with Gasteiger partial charge < -0.3 is 5.11 Å². The number of benzene rings is 2. The molecular formula is C13H8BrFO2S. The molecule has 0 spiro atoms. The highest BCUT2D eigenvalue weighted by atomic mass is 79.9. The Labute approximate surface area is 116 Å². The molecule has 2 aromatic rings. The van der Waals surface area contributed by atoms with Gasteiger partial charge in [0.15, 0.2) is 0 Å². The molecule has 0 fully saturated rings. The van der Waals surface area contributed by atoms with Gasteiger partial charge in [0.2, 0.25) is 0 Å². The summed E-state index contributed by atoms with van der Waals surface area (Å²) in [6, 6.07) is 11.2. The van der Waals surface area contributed by atoms with Crippen LogP contribution in [0.1, 0.15) is 10.4 Å². The van der Waals surface area contributed by atoms with Gasteiger partial charge in [0.25, 0.3) is 0 Å². The third-order valence-corrected chi connectivity index (χ3v) is 3.84. The van der Waals surface area contributed by atoms with E-state index in [4.69, 9.17) is 5.11 Å². The number of hydrogen-bond donors (Lipinski definition) is 1. The van der Waals surface area contributed by atoms with E-state index in [1.807, 2.05) is 0 Å². The van der Waals surface area contributed by atoms with Crippen molar-refractivity contribution in [2.24, 2.45) is 0 Å². The first-order chi connectivity index (χ1) is 8.56. The van der Waals surface area contributed by atoms with Crippen LogP contribution in [0.5, 0.6) is 0 Å². The maximum absolute atomic E-state index is 13.0. The predicted octanol–water partition coefficient (Wildman–Crippen LogP) is 4.44. The lowest BCUT2D eigenvalue weighted by atomic mass is 10.2. The van der Waals surface area contributed by atoms with E-state index in [-0.39, 0.29) is 11.4 Å². The first kappa shape index (κ1) is 13.1. The van der Waals surface area contributed by atoms with Gasteiger partial charge in [-0.2, -0.15) is 0 Å². The van der Waals surface area contributed by atoms with Crippen LogP contribution in [0.3, 0.4) is 0 Å². The summed E-state index contributed by atoms with van der Waals surface area (Å²) < 4.78 is 13.5. The SMILES string of the molecule is O=C(O)c1ccc(Sc2cccc(F)c2)cc1Br. The number of aromatic carboxylic acids is 1. The summed E-state index contributed by atoms with van der Waals surface area (Å²) in [5.74, 6) is -1.27. The number of rotatable bonds is 3. The molecule has 0 radical (unpaired) electrons. The van der Waals surface area contributed by atoms with Crippen LogP contribution in [0, 0.1) is 5.82 Å². The van der Waals surface area contributed by atoms with Gasteiger partial charge in [-0.25, -0.2) is 9.18 Å². The van der Waals surface area contributed by atoms with Crippen molar-refractivity contribution >= 4 is 33.7 Å². The highest BCUT2D eigenvalue weighted by Crippen LogP contribution is 2.31. The van der Waals surface area contributed by atoms with Gasteiger partial charge in [0.05, 0.1) is 5.56 Å². The second kappa shape index (κ2) is 5.54. The zero-order valence-electron chi connectivity index (χ0n) is 9.06. The highest BCUT2D eigenvalue weighted by molar-refractivity contribution is 9.10.